The molecule has 2 heterocycles. The number of ether oxygens (including phenoxy) is 1. The lowest BCUT2D eigenvalue weighted by Gasteiger charge is -2.10. The van der Waals surface area contributed by atoms with Gasteiger partial charge in [0.15, 0.2) is 5.16 Å². The second kappa shape index (κ2) is 8.13. The number of hydrogen-bond acceptors (Lipinski definition) is 4. The SMILES string of the molecule is Cc1ccc2nc(S(=O)Cc3cc(OCc4ccc(F)cc4)c(C)cn3)[nH]c2c1. The summed E-state index contributed by atoms with van der Waals surface area (Å²) >= 11 is 0. The van der Waals surface area contributed by atoms with E-state index in [1.807, 2.05) is 32.0 Å². The Morgan fingerprint density at radius 1 is 1.10 bits per heavy atom. The van der Waals surface area contributed by atoms with Crippen LogP contribution in [-0.4, -0.2) is 19.2 Å². The van der Waals surface area contributed by atoms with Gasteiger partial charge in [0.2, 0.25) is 0 Å². The van der Waals surface area contributed by atoms with Crippen LogP contribution in [0.1, 0.15) is 22.4 Å². The fourth-order valence-electron chi connectivity index (χ4n) is 2.93. The molecule has 148 valence electrons. The number of hydrogen-bond donors (Lipinski definition) is 1. The van der Waals surface area contributed by atoms with Crippen molar-refractivity contribution < 1.29 is 13.3 Å². The van der Waals surface area contributed by atoms with E-state index in [0.29, 0.717) is 23.2 Å². The number of benzene rings is 2. The number of imidazole rings is 1. The molecule has 0 bridgehead atoms. The molecular weight excluding hydrogens is 389 g/mol. The van der Waals surface area contributed by atoms with Gasteiger partial charge in [0.05, 0.1) is 33.3 Å². The molecule has 1 atom stereocenters. The molecule has 0 amide bonds. The van der Waals surface area contributed by atoms with Gasteiger partial charge in [-0.25, -0.2) is 9.37 Å². The number of nitrogens with one attached hydrogen (secondary N) is 1. The first-order valence-corrected chi connectivity index (χ1v) is 10.5. The lowest BCUT2D eigenvalue weighted by molar-refractivity contribution is 0.303. The number of rotatable bonds is 6. The summed E-state index contributed by atoms with van der Waals surface area (Å²) in [5, 5.41) is 0.432. The number of halogens is 1. The molecule has 1 unspecified atom stereocenters. The molecule has 1 N–H and O–H groups in total. The maximum Gasteiger partial charge on any atom is 0.197 e. The average Bonchev–Trinajstić information content (AvgIpc) is 3.13. The Bertz CT molecular complexity index is 1190. The van der Waals surface area contributed by atoms with E-state index in [-0.39, 0.29) is 11.6 Å². The van der Waals surface area contributed by atoms with Crippen molar-refractivity contribution in [3.8, 4) is 5.75 Å². The number of aromatic amines is 1. The molecular formula is C22H20FN3O2S. The maximum atomic E-state index is 13.0. The maximum absolute atomic E-state index is 13.0. The molecule has 2 aromatic carbocycles. The van der Waals surface area contributed by atoms with Crippen molar-refractivity contribution in [1.82, 2.24) is 15.0 Å². The lowest BCUT2D eigenvalue weighted by atomic mass is 10.2. The molecule has 29 heavy (non-hydrogen) atoms. The van der Waals surface area contributed by atoms with Crippen molar-refractivity contribution >= 4 is 21.8 Å². The minimum Gasteiger partial charge on any atom is -0.489 e. The van der Waals surface area contributed by atoms with Crippen LogP contribution in [-0.2, 0) is 23.2 Å². The molecule has 0 aliphatic carbocycles. The van der Waals surface area contributed by atoms with Crippen molar-refractivity contribution in [2.24, 2.45) is 0 Å². The first-order chi connectivity index (χ1) is 14.0. The third kappa shape index (κ3) is 4.51. The Kier molecular flexibility index (Phi) is 5.40. The predicted molar refractivity (Wildman–Crippen MR) is 111 cm³/mol. The van der Waals surface area contributed by atoms with Gasteiger partial charge < -0.3 is 9.72 Å². The molecule has 0 spiro atoms. The van der Waals surface area contributed by atoms with Gasteiger partial charge >= 0.3 is 0 Å². The van der Waals surface area contributed by atoms with Crippen LogP contribution in [0.25, 0.3) is 11.0 Å². The molecule has 5 nitrogen and oxygen atoms in total. The topological polar surface area (TPSA) is 67.9 Å². The number of pyridine rings is 1. The van der Waals surface area contributed by atoms with Crippen LogP contribution in [0.4, 0.5) is 4.39 Å². The highest BCUT2D eigenvalue weighted by atomic mass is 32.2. The van der Waals surface area contributed by atoms with Gasteiger partial charge in [0.1, 0.15) is 18.2 Å². The van der Waals surface area contributed by atoms with Gasteiger partial charge in [-0.3, -0.25) is 9.19 Å². The van der Waals surface area contributed by atoms with E-state index in [4.69, 9.17) is 4.74 Å². The molecule has 4 aromatic rings. The van der Waals surface area contributed by atoms with Crippen molar-refractivity contribution in [3.63, 3.8) is 0 Å². The third-order valence-corrected chi connectivity index (χ3v) is 5.71. The Hall–Kier alpha value is -3.06. The van der Waals surface area contributed by atoms with Crippen molar-refractivity contribution in [2.75, 3.05) is 0 Å². The van der Waals surface area contributed by atoms with Crippen LogP contribution in [0.15, 0.2) is 59.9 Å². The van der Waals surface area contributed by atoms with Crippen molar-refractivity contribution in [1.29, 1.82) is 0 Å². The molecule has 0 saturated heterocycles. The summed E-state index contributed by atoms with van der Waals surface area (Å²) in [5.41, 5.74) is 5.17. The summed E-state index contributed by atoms with van der Waals surface area (Å²) < 4.78 is 31.7. The Labute approximate surface area is 170 Å². The van der Waals surface area contributed by atoms with Gasteiger partial charge in [-0.05, 0) is 49.2 Å². The zero-order chi connectivity index (χ0) is 20.4. The van der Waals surface area contributed by atoms with E-state index in [1.54, 1.807) is 24.4 Å². The monoisotopic (exact) mass is 409 g/mol. The van der Waals surface area contributed by atoms with Crippen LogP contribution >= 0.6 is 0 Å². The van der Waals surface area contributed by atoms with E-state index < -0.39 is 10.8 Å². The van der Waals surface area contributed by atoms with Crippen molar-refractivity contribution in [2.45, 2.75) is 31.4 Å². The van der Waals surface area contributed by atoms with Gasteiger partial charge in [-0.2, -0.15) is 0 Å². The zero-order valence-corrected chi connectivity index (χ0v) is 16.9. The summed E-state index contributed by atoms with van der Waals surface area (Å²) in [5.74, 6) is 0.613. The Balaban J connectivity index is 1.48. The second-order valence-corrected chi connectivity index (χ2v) is 8.28. The van der Waals surface area contributed by atoms with E-state index >= 15 is 0 Å². The van der Waals surface area contributed by atoms with E-state index in [9.17, 15) is 8.60 Å². The number of aromatic nitrogens is 3. The molecule has 2 aromatic heterocycles. The number of H-pyrrole nitrogens is 1. The Morgan fingerprint density at radius 2 is 1.90 bits per heavy atom. The van der Waals surface area contributed by atoms with Gasteiger partial charge in [0.25, 0.3) is 0 Å². The second-order valence-electron chi connectivity index (χ2n) is 6.91. The fourth-order valence-corrected chi connectivity index (χ4v) is 3.92. The lowest BCUT2D eigenvalue weighted by Crippen LogP contribution is -2.03. The smallest absolute Gasteiger partial charge is 0.197 e. The number of fused-ring (bicyclic) bond motifs is 1. The van der Waals surface area contributed by atoms with E-state index in [0.717, 1.165) is 27.7 Å². The predicted octanol–water partition coefficient (Wildman–Crippen LogP) is 4.60. The van der Waals surface area contributed by atoms with E-state index in [2.05, 4.69) is 15.0 Å². The van der Waals surface area contributed by atoms with Crippen molar-refractivity contribution in [3.05, 3.63) is 82.9 Å². The first kappa shape index (κ1) is 19.3. The molecule has 0 aliphatic rings. The summed E-state index contributed by atoms with van der Waals surface area (Å²) in [6.45, 7) is 4.21. The molecule has 0 radical (unpaired) electrons. The fraction of sp³-hybridized carbons (Fsp3) is 0.182. The largest absolute Gasteiger partial charge is 0.489 e. The van der Waals surface area contributed by atoms with Gasteiger partial charge in [0, 0.05) is 17.8 Å². The summed E-state index contributed by atoms with van der Waals surface area (Å²) in [7, 11) is -1.36. The summed E-state index contributed by atoms with van der Waals surface area (Å²) in [6, 6.07) is 13.8. The van der Waals surface area contributed by atoms with Gasteiger partial charge in [-0.1, -0.05) is 18.2 Å². The molecule has 0 fully saturated rings. The van der Waals surface area contributed by atoms with Crippen LogP contribution in [0.3, 0.4) is 0 Å². The first-order valence-electron chi connectivity index (χ1n) is 9.15. The third-order valence-electron chi connectivity index (χ3n) is 4.53. The zero-order valence-electron chi connectivity index (χ0n) is 16.1. The van der Waals surface area contributed by atoms with Crippen LogP contribution in [0.2, 0.25) is 0 Å². The minimum absolute atomic E-state index is 0.228. The highest BCUT2D eigenvalue weighted by Crippen LogP contribution is 2.22. The highest BCUT2D eigenvalue weighted by molar-refractivity contribution is 7.84. The normalized spacial score (nSPS) is 12.2. The molecule has 7 heteroatoms. The van der Waals surface area contributed by atoms with Crippen LogP contribution in [0.5, 0.6) is 5.75 Å². The van der Waals surface area contributed by atoms with E-state index in [1.165, 1.54) is 12.1 Å². The number of nitrogens with zero attached hydrogens (tertiary/aromatic N) is 2. The number of aryl methyl sites for hydroxylation is 2. The average molecular weight is 409 g/mol. The van der Waals surface area contributed by atoms with Crippen LogP contribution < -0.4 is 4.74 Å². The molecule has 0 saturated carbocycles. The van der Waals surface area contributed by atoms with Gasteiger partial charge in [-0.15, -0.1) is 0 Å². The molecule has 0 aliphatic heterocycles. The summed E-state index contributed by atoms with van der Waals surface area (Å²) in [6.07, 6.45) is 1.70. The standard InChI is InChI=1S/C22H20FN3O2S/c1-14-3-8-19-20(9-14)26-22(25-19)29(27)13-18-10-21(15(2)11-24-18)28-12-16-4-6-17(23)7-5-16/h3-11H,12-13H2,1-2H3,(H,25,26). The highest BCUT2D eigenvalue weighted by Gasteiger charge is 2.13. The molecule has 4 rings (SSSR count). The van der Waals surface area contributed by atoms with Crippen LogP contribution in [0, 0.1) is 19.7 Å². The summed E-state index contributed by atoms with van der Waals surface area (Å²) in [4.78, 5) is 11.9. The Morgan fingerprint density at radius 3 is 2.69 bits per heavy atom. The quantitative estimate of drug-likeness (QED) is 0.505. The minimum atomic E-state index is -1.36.